The molecule has 1 aromatic carbocycles. The van der Waals surface area contributed by atoms with Gasteiger partial charge in [0.2, 0.25) is 11.8 Å². The Morgan fingerprint density at radius 3 is 2.58 bits per heavy atom. The third-order valence-corrected chi connectivity index (χ3v) is 3.58. The lowest BCUT2D eigenvalue weighted by Crippen LogP contribution is -2.16. The number of benzene rings is 1. The molecule has 0 amide bonds. The molecule has 0 radical (unpaired) electrons. The fourth-order valence-corrected chi connectivity index (χ4v) is 1.99. The maximum absolute atomic E-state index is 13.4. The van der Waals surface area contributed by atoms with Gasteiger partial charge in [0.1, 0.15) is 16.7 Å². The molecule has 0 unspecified atom stereocenters. The Balaban J connectivity index is 1.90. The average molecular weight is 370 g/mol. The van der Waals surface area contributed by atoms with Gasteiger partial charge >= 0.3 is 5.97 Å². The van der Waals surface area contributed by atoms with Crippen molar-refractivity contribution < 1.29 is 18.7 Å². The van der Waals surface area contributed by atoms with Crippen LogP contribution in [0.2, 0.25) is 10.0 Å². The molecule has 24 heavy (non-hydrogen) atoms. The Morgan fingerprint density at radius 1 is 1.29 bits per heavy atom. The fourth-order valence-electron chi connectivity index (χ4n) is 1.61. The molecule has 6 nitrogen and oxygen atoms in total. The van der Waals surface area contributed by atoms with Crippen LogP contribution in [0.25, 0.3) is 0 Å². The van der Waals surface area contributed by atoms with Gasteiger partial charge in [-0.25, -0.2) is 4.79 Å². The van der Waals surface area contributed by atoms with Gasteiger partial charge in [0.25, 0.3) is 0 Å². The number of nitrogens with two attached hydrogens (primary N) is 1. The zero-order valence-electron chi connectivity index (χ0n) is 12.1. The van der Waals surface area contributed by atoms with Crippen LogP contribution in [-0.2, 0) is 16.1 Å². The van der Waals surface area contributed by atoms with Gasteiger partial charge in [-0.3, -0.25) is 0 Å². The maximum atomic E-state index is 13.4. The van der Waals surface area contributed by atoms with E-state index in [1.54, 1.807) is 24.3 Å². The van der Waals surface area contributed by atoms with Gasteiger partial charge in [-0.2, -0.15) is 14.6 Å². The molecule has 2 aromatic rings. The number of aromatic nitrogens is 1. The van der Waals surface area contributed by atoms with Gasteiger partial charge in [0.15, 0.2) is 6.61 Å². The van der Waals surface area contributed by atoms with Crippen LogP contribution in [0.4, 0.5) is 10.1 Å². The number of hydrogen-bond acceptors (Lipinski definition) is 6. The first-order chi connectivity index (χ1) is 11.4. The highest BCUT2D eigenvalue weighted by molar-refractivity contribution is 6.39. The number of esters is 1. The highest BCUT2D eigenvalue weighted by Crippen LogP contribution is 2.35. The summed E-state index contributed by atoms with van der Waals surface area (Å²) >= 11 is 11.4. The van der Waals surface area contributed by atoms with Crippen LogP contribution in [0.15, 0.2) is 24.3 Å². The van der Waals surface area contributed by atoms with Crippen molar-refractivity contribution in [2.45, 2.75) is 6.61 Å². The summed E-state index contributed by atoms with van der Waals surface area (Å²) in [6, 6.07) is 8.48. The van der Waals surface area contributed by atoms with Crippen LogP contribution in [0.5, 0.6) is 5.88 Å². The number of rotatable bonds is 5. The smallest absolute Gasteiger partial charge is 0.344 e. The van der Waals surface area contributed by atoms with E-state index in [9.17, 15) is 9.18 Å². The zero-order valence-corrected chi connectivity index (χ0v) is 13.6. The summed E-state index contributed by atoms with van der Waals surface area (Å²) in [5.74, 6) is -2.13. The van der Waals surface area contributed by atoms with E-state index in [0.29, 0.717) is 11.1 Å². The van der Waals surface area contributed by atoms with Crippen molar-refractivity contribution in [1.29, 1.82) is 5.26 Å². The van der Waals surface area contributed by atoms with E-state index in [0.717, 1.165) is 0 Å². The van der Waals surface area contributed by atoms with Crippen LogP contribution in [-0.4, -0.2) is 17.6 Å². The largest absolute Gasteiger partial charge is 0.464 e. The zero-order chi connectivity index (χ0) is 17.7. The van der Waals surface area contributed by atoms with Crippen molar-refractivity contribution >= 4 is 34.9 Å². The Hall–Kier alpha value is -2.56. The molecular weight excluding hydrogens is 360 g/mol. The number of carbonyl (C=O) groups excluding carboxylic acids is 1. The first-order valence-corrected chi connectivity index (χ1v) is 7.25. The van der Waals surface area contributed by atoms with Gasteiger partial charge in [-0.1, -0.05) is 35.3 Å². The number of nitriles is 1. The lowest BCUT2D eigenvalue weighted by atomic mass is 10.2. The third kappa shape index (κ3) is 4.25. The molecule has 0 spiro atoms. The topological polar surface area (TPSA) is 98.2 Å². The molecule has 0 saturated heterocycles. The molecule has 0 aliphatic carbocycles. The van der Waals surface area contributed by atoms with E-state index >= 15 is 0 Å². The standard InChI is InChI=1S/C15H10Cl2FN3O3/c16-11-13(20)12(17)15(21-14(11)18)24-7-10(22)23-6-9-3-1-8(5-19)2-4-9/h1-4H,6-7H2,(H2,20,21). The quantitative estimate of drug-likeness (QED) is 0.642. The van der Waals surface area contributed by atoms with Crippen LogP contribution < -0.4 is 10.5 Å². The summed E-state index contributed by atoms with van der Waals surface area (Å²) in [6.07, 6.45) is 0. The minimum absolute atomic E-state index is 0.00776. The van der Waals surface area contributed by atoms with Crippen LogP contribution in [0.1, 0.15) is 11.1 Å². The monoisotopic (exact) mass is 369 g/mol. The summed E-state index contributed by atoms with van der Waals surface area (Å²) in [5, 5.41) is 8.08. The Morgan fingerprint density at radius 2 is 1.96 bits per heavy atom. The van der Waals surface area contributed by atoms with Crippen LogP contribution in [0, 0.1) is 17.3 Å². The second-order valence-corrected chi connectivity index (χ2v) is 5.26. The summed E-state index contributed by atoms with van der Waals surface area (Å²) in [5.41, 5.74) is 6.45. The minimum Gasteiger partial charge on any atom is -0.464 e. The van der Waals surface area contributed by atoms with E-state index in [-0.39, 0.29) is 23.2 Å². The molecule has 0 saturated carbocycles. The van der Waals surface area contributed by atoms with Gasteiger partial charge in [0, 0.05) is 0 Å². The molecule has 2 rings (SSSR count). The van der Waals surface area contributed by atoms with Crippen molar-refractivity contribution in [3.8, 4) is 11.9 Å². The van der Waals surface area contributed by atoms with E-state index in [1.165, 1.54) is 0 Å². The van der Waals surface area contributed by atoms with Crippen molar-refractivity contribution in [3.63, 3.8) is 0 Å². The second-order valence-electron chi connectivity index (χ2n) is 4.51. The number of pyridine rings is 1. The molecule has 0 fully saturated rings. The van der Waals surface area contributed by atoms with Gasteiger partial charge < -0.3 is 15.2 Å². The Bertz CT molecular complexity index is 807. The number of halogens is 3. The lowest BCUT2D eigenvalue weighted by Gasteiger charge is -2.10. The highest BCUT2D eigenvalue weighted by Gasteiger charge is 2.17. The predicted molar refractivity (Wildman–Crippen MR) is 85.1 cm³/mol. The SMILES string of the molecule is N#Cc1ccc(COC(=O)COc2nc(F)c(Cl)c(N)c2Cl)cc1. The first-order valence-electron chi connectivity index (χ1n) is 6.49. The average Bonchev–Trinajstić information content (AvgIpc) is 2.60. The molecule has 124 valence electrons. The lowest BCUT2D eigenvalue weighted by molar-refractivity contribution is -0.147. The molecule has 1 aromatic heterocycles. The van der Waals surface area contributed by atoms with Crippen molar-refractivity contribution in [1.82, 2.24) is 4.98 Å². The Kier molecular flexibility index (Phi) is 5.79. The summed E-state index contributed by atoms with van der Waals surface area (Å²) < 4.78 is 23.4. The number of nitrogen functional groups attached to an aromatic ring is 1. The van der Waals surface area contributed by atoms with Crippen LogP contribution >= 0.6 is 23.2 Å². The highest BCUT2D eigenvalue weighted by atomic mass is 35.5. The molecule has 0 aliphatic heterocycles. The number of hydrogen-bond donors (Lipinski definition) is 1. The predicted octanol–water partition coefficient (Wildman–Crippen LogP) is 3.10. The van der Waals surface area contributed by atoms with Crippen molar-refractivity contribution in [3.05, 3.63) is 51.4 Å². The number of carbonyl (C=O) groups is 1. The molecule has 0 bridgehead atoms. The molecule has 0 atom stereocenters. The van der Waals surface area contributed by atoms with E-state index in [4.69, 9.17) is 43.7 Å². The number of ether oxygens (including phenoxy) is 2. The third-order valence-electron chi connectivity index (χ3n) is 2.85. The number of nitrogens with zero attached hydrogens (tertiary/aromatic N) is 2. The molecule has 9 heteroatoms. The van der Waals surface area contributed by atoms with Crippen molar-refractivity contribution in [2.75, 3.05) is 12.3 Å². The summed E-state index contributed by atoms with van der Waals surface area (Å²) in [6.45, 7) is -0.546. The van der Waals surface area contributed by atoms with E-state index in [1.807, 2.05) is 6.07 Å². The Labute approximate surface area is 146 Å². The molecular formula is C15H10Cl2FN3O3. The molecule has 1 heterocycles. The van der Waals surface area contributed by atoms with Crippen molar-refractivity contribution in [2.24, 2.45) is 0 Å². The van der Waals surface area contributed by atoms with E-state index in [2.05, 4.69) is 4.98 Å². The van der Waals surface area contributed by atoms with Gasteiger partial charge in [0.05, 0.1) is 17.3 Å². The normalized spacial score (nSPS) is 10.1. The molecule has 2 N–H and O–H groups in total. The molecule has 0 aliphatic rings. The van der Waals surface area contributed by atoms with Crippen LogP contribution in [0.3, 0.4) is 0 Å². The number of anilines is 1. The maximum Gasteiger partial charge on any atom is 0.344 e. The first kappa shape index (κ1) is 17.8. The minimum atomic E-state index is -1.06. The van der Waals surface area contributed by atoms with Gasteiger partial charge in [-0.15, -0.1) is 0 Å². The van der Waals surface area contributed by atoms with Gasteiger partial charge in [-0.05, 0) is 17.7 Å². The summed E-state index contributed by atoms with van der Waals surface area (Å²) in [7, 11) is 0. The van der Waals surface area contributed by atoms with E-state index < -0.39 is 23.5 Å². The second kappa shape index (κ2) is 7.81. The summed E-state index contributed by atoms with van der Waals surface area (Å²) in [4.78, 5) is 15.0. The fraction of sp³-hybridized carbons (Fsp3) is 0.133.